The number of benzene rings is 2. The van der Waals surface area contributed by atoms with E-state index in [9.17, 15) is 16.8 Å². The van der Waals surface area contributed by atoms with Crippen molar-refractivity contribution in [2.75, 3.05) is 26.2 Å². The van der Waals surface area contributed by atoms with Crippen LogP contribution in [-0.2, 0) is 20.0 Å². The number of hydrogen-bond donors (Lipinski definition) is 0. The van der Waals surface area contributed by atoms with Crippen LogP contribution < -0.4 is 0 Å². The Morgan fingerprint density at radius 3 is 0.889 bits per heavy atom. The second-order valence-electron chi connectivity index (χ2n) is 15.2. The largest absolute Gasteiger partial charge is 0.243 e. The number of halogens is 2. The Kier molecular flexibility index (Phi) is 26.1. The zero-order chi connectivity index (χ0) is 39.7. The first-order valence-corrected chi connectivity index (χ1v) is 26.1. The van der Waals surface area contributed by atoms with E-state index in [0.717, 1.165) is 77.0 Å². The fourth-order valence-electron chi connectivity index (χ4n) is 7.12. The quantitative estimate of drug-likeness (QED) is 0.0669. The molecule has 0 saturated heterocycles. The third kappa shape index (κ3) is 17.8. The van der Waals surface area contributed by atoms with Crippen molar-refractivity contribution in [1.82, 2.24) is 8.61 Å². The second kappa shape index (κ2) is 28.6. The molecule has 0 unspecified atom stereocenters. The van der Waals surface area contributed by atoms with Gasteiger partial charge in [-0.25, -0.2) is 16.8 Å². The Morgan fingerprint density at radius 2 is 0.630 bits per heavy atom. The van der Waals surface area contributed by atoms with Gasteiger partial charge in [-0.2, -0.15) is 8.61 Å². The zero-order valence-electron chi connectivity index (χ0n) is 34.4. The molecular formula is C44H74Br2N2O4S2. The highest BCUT2D eigenvalue weighted by Crippen LogP contribution is 2.38. The van der Waals surface area contributed by atoms with Crippen LogP contribution in [0.1, 0.15) is 182 Å². The predicted molar refractivity (Wildman–Crippen MR) is 238 cm³/mol. The van der Waals surface area contributed by atoms with Crippen molar-refractivity contribution in [1.29, 1.82) is 0 Å². The summed E-state index contributed by atoms with van der Waals surface area (Å²) in [7, 11) is -7.91. The Morgan fingerprint density at radius 1 is 0.389 bits per heavy atom. The van der Waals surface area contributed by atoms with Crippen LogP contribution in [0.15, 0.2) is 55.1 Å². The molecule has 0 saturated carbocycles. The van der Waals surface area contributed by atoms with Crippen LogP contribution in [0, 0.1) is 0 Å². The molecular weight excluding hydrogens is 844 g/mol. The predicted octanol–water partition coefficient (Wildman–Crippen LogP) is 14.3. The Hall–Kier alpha value is -0.780. The van der Waals surface area contributed by atoms with E-state index >= 15 is 0 Å². The molecule has 10 heteroatoms. The first-order valence-electron chi connectivity index (χ1n) is 21.6. The molecule has 310 valence electrons. The molecule has 2 aromatic carbocycles. The van der Waals surface area contributed by atoms with E-state index < -0.39 is 20.0 Å². The Balaban J connectivity index is 2.53. The molecule has 0 aliphatic rings. The molecule has 0 aliphatic heterocycles. The molecule has 0 bridgehead atoms. The van der Waals surface area contributed by atoms with E-state index in [2.05, 4.69) is 59.6 Å². The summed E-state index contributed by atoms with van der Waals surface area (Å²) in [5.74, 6) is 0. The number of nitrogens with zero attached hydrogens (tertiary/aromatic N) is 2. The van der Waals surface area contributed by atoms with Gasteiger partial charge in [0.25, 0.3) is 0 Å². The van der Waals surface area contributed by atoms with Gasteiger partial charge in [0.2, 0.25) is 20.0 Å². The summed E-state index contributed by atoms with van der Waals surface area (Å²) in [4.78, 5) is 0.317. The van der Waals surface area contributed by atoms with Crippen LogP contribution in [0.4, 0.5) is 0 Å². The van der Waals surface area contributed by atoms with Gasteiger partial charge in [0.15, 0.2) is 0 Å². The Labute approximate surface area is 349 Å². The molecule has 0 aromatic heterocycles. The summed E-state index contributed by atoms with van der Waals surface area (Å²) in [6.07, 6.45) is 25.9. The van der Waals surface area contributed by atoms with E-state index in [-0.39, 0.29) is 9.79 Å². The third-order valence-electron chi connectivity index (χ3n) is 10.5. The standard InChI is InChI=1S/C44H74Br2N2O4S2/c1-5-9-13-17-21-25-33-47(34-26-22-18-14-10-6-2)53(49,50)43-37-39(45)29-31-41(43)42-32-30-40(46)38-44(42)54(51,52)48(35-27-23-19-15-11-7-3)36-28-24-20-16-12-8-4/h29-32,37-38H,5-28,33-36H2,1-4H3. The van der Waals surface area contributed by atoms with Crippen molar-refractivity contribution < 1.29 is 16.8 Å². The Bertz CT molecular complexity index is 1370. The van der Waals surface area contributed by atoms with Gasteiger partial charge >= 0.3 is 0 Å². The SMILES string of the molecule is CCCCCCCCN(CCCCCCCC)S(=O)(=O)c1cc(Br)ccc1-c1ccc(Br)cc1S(=O)(=O)N(CCCCCCCC)CCCCCCCC. The fraction of sp³-hybridized carbons (Fsp3) is 0.727. The van der Waals surface area contributed by atoms with Gasteiger partial charge in [-0.05, 0) is 49.9 Å². The molecule has 2 rings (SSSR count). The molecule has 6 nitrogen and oxygen atoms in total. The van der Waals surface area contributed by atoms with Gasteiger partial charge in [0.05, 0.1) is 9.79 Å². The van der Waals surface area contributed by atoms with Crippen molar-refractivity contribution >= 4 is 51.9 Å². The zero-order valence-corrected chi connectivity index (χ0v) is 39.2. The lowest BCUT2D eigenvalue weighted by Crippen LogP contribution is -2.34. The molecule has 0 atom stereocenters. The minimum atomic E-state index is -3.96. The summed E-state index contributed by atoms with van der Waals surface area (Å²) in [5, 5.41) is 0. The lowest BCUT2D eigenvalue weighted by Gasteiger charge is -2.26. The van der Waals surface area contributed by atoms with Crippen LogP contribution in [-0.4, -0.2) is 51.6 Å². The highest BCUT2D eigenvalue weighted by atomic mass is 79.9. The molecule has 0 aliphatic carbocycles. The number of rotatable bonds is 33. The normalized spacial score (nSPS) is 12.4. The van der Waals surface area contributed by atoms with E-state index in [4.69, 9.17) is 0 Å². The fourth-order valence-corrected chi connectivity index (χ4v) is 11.6. The number of sulfonamides is 2. The summed E-state index contributed by atoms with van der Waals surface area (Å²) < 4.78 is 63.9. The van der Waals surface area contributed by atoms with Crippen molar-refractivity contribution in [3.05, 3.63) is 45.3 Å². The molecule has 0 N–H and O–H groups in total. The van der Waals surface area contributed by atoms with Crippen LogP contribution >= 0.6 is 31.9 Å². The van der Waals surface area contributed by atoms with Crippen LogP contribution in [0.3, 0.4) is 0 Å². The molecule has 0 spiro atoms. The van der Waals surface area contributed by atoms with Crippen LogP contribution in [0.5, 0.6) is 0 Å². The smallest absolute Gasteiger partial charge is 0.207 e. The molecule has 2 aromatic rings. The van der Waals surface area contributed by atoms with Crippen molar-refractivity contribution in [3.63, 3.8) is 0 Å². The number of hydrogen-bond acceptors (Lipinski definition) is 4. The first-order chi connectivity index (χ1) is 26.0. The average molecular weight is 919 g/mol. The van der Waals surface area contributed by atoms with E-state index in [0.29, 0.717) is 46.3 Å². The van der Waals surface area contributed by atoms with Crippen LogP contribution in [0.2, 0.25) is 0 Å². The lowest BCUT2D eigenvalue weighted by atomic mass is 10.1. The average Bonchev–Trinajstić information content (AvgIpc) is 3.15. The van der Waals surface area contributed by atoms with Crippen molar-refractivity contribution in [2.24, 2.45) is 0 Å². The summed E-state index contributed by atoms with van der Waals surface area (Å²) in [6, 6.07) is 10.5. The van der Waals surface area contributed by atoms with E-state index in [1.165, 1.54) is 77.0 Å². The van der Waals surface area contributed by atoms with Crippen molar-refractivity contribution in [2.45, 2.75) is 192 Å². The minimum absolute atomic E-state index is 0.158. The van der Waals surface area contributed by atoms with Gasteiger partial charge in [0, 0.05) is 46.3 Å². The van der Waals surface area contributed by atoms with Crippen molar-refractivity contribution in [3.8, 4) is 11.1 Å². The topological polar surface area (TPSA) is 74.8 Å². The molecule has 0 radical (unpaired) electrons. The third-order valence-corrected chi connectivity index (χ3v) is 15.3. The first kappa shape index (κ1) is 49.4. The summed E-state index contributed by atoms with van der Waals surface area (Å²) in [6.45, 7) is 10.7. The molecule has 0 heterocycles. The maximum Gasteiger partial charge on any atom is 0.243 e. The van der Waals surface area contributed by atoms with E-state index in [1.807, 2.05) is 12.1 Å². The minimum Gasteiger partial charge on any atom is -0.207 e. The second-order valence-corrected chi connectivity index (χ2v) is 20.8. The molecule has 0 amide bonds. The number of unbranched alkanes of at least 4 members (excludes halogenated alkanes) is 20. The lowest BCUT2D eigenvalue weighted by molar-refractivity contribution is 0.383. The van der Waals surface area contributed by atoms with Gasteiger partial charge in [0.1, 0.15) is 0 Å². The maximum atomic E-state index is 14.8. The highest BCUT2D eigenvalue weighted by Gasteiger charge is 2.32. The molecule has 54 heavy (non-hydrogen) atoms. The summed E-state index contributed by atoms with van der Waals surface area (Å²) in [5.41, 5.74) is 0.860. The summed E-state index contributed by atoms with van der Waals surface area (Å²) >= 11 is 7.13. The van der Waals surface area contributed by atoms with Gasteiger partial charge in [-0.15, -0.1) is 0 Å². The van der Waals surface area contributed by atoms with Gasteiger partial charge in [-0.3, -0.25) is 0 Å². The van der Waals surface area contributed by atoms with Gasteiger partial charge in [-0.1, -0.05) is 200 Å². The monoisotopic (exact) mass is 916 g/mol. The van der Waals surface area contributed by atoms with Crippen LogP contribution in [0.25, 0.3) is 11.1 Å². The highest BCUT2D eigenvalue weighted by molar-refractivity contribution is 9.10. The maximum absolute atomic E-state index is 14.8. The van der Waals surface area contributed by atoms with Gasteiger partial charge < -0.3 is 0 Å². The van der Waals surface area contributed by atoms with E-state index in [1.54, 1.807) is 32.9 Å². The molecule has 0 fully saturated rings.